The van der Waals surface area contributed by atoms with E-state index in [2.05, 4.69) is 19.1 Å². The number of hydrogen-bond donors (Lipinski definition) is 0. The number of nitrogens with zero attached hydrogens (tertiary/aromatic N) is 1. The summed E-state index contributed by atoms with van der Waals surface area (Å²) < 4.78 is 5.65. The predicted molar refractivity (Wildman–Crippen MR) is 78.5 cm³/mol. The van der Waals surface area contributed by atoms with Gasteiger partial charge in [-0.05, 0) is 32.4 Å². The Hall–Kier alpha value is -1.00. The van der Waals surface area contributed by atoms with Gasteiger partial charge in [0.1, 0.15) is 0 Å². The third kappa shape index (κ3) is 3.98. The second-order valence-electron chi connectivity index (χ2n) is 5.11. The molecule has 0 N–H and O–H groups in total. The molecule has 0 radical (unpaired) electrons. The van der Waals surface area contributed by atoms with Gasteiger partial charge in [0, 0.05) is 18.0 Å². The summed E-state index contributed by atoms with van der Waals surface area (Å²) in [6.45, 7) is 7.52. The summed E-state index contributed by atoms with van der Waals surface area (Å²) in [6.07, 6.45) is 0.271. The number of morpholine rings is 1. The molecular formula is C15H21NO2S. The number of carbonyl (C=O) groups excluding carboxylic acids is 1. The molecule has 0 spiro atoms. The van der Waals surface area contributed by atoms with Crippen LogP contribution in [0.1, 0.15) is 19.4 Å². The summed E-state index contributed by atoms with van der Waals surface area (Å²) in [5, 5.41) is 0. The SMILES string of the molecule is Cc1ccccc1SCC(=O)N1C[C@H](C)O[C@@H](C)C1. The predicted octanol–water partition coefficient (Wildman–Crippen LogP) is 2.72. The molecule has 4 heteroatoms. The van der Waals surface area contributed by atoms with Crippen LogP contribution in [-0.2, 0) is 9.53 Å². The Morgan fingerprint density at radius 1 is 1.32 bits per heavy atom. The first-order valence-corrected chi connectivity index (χ1v) is 7.66. The van der Waals surface area contributed by atoms with Crippen molar-refractivity contribution in [2.24, 2.45) is 0 Å². The average molecular weight is 279 g/mol. The first kappa shape index (κ1) is 14.4. The largest absolute Gasteiger partial charge is 0.372 e. The number of benzene rings is 1. The molecule has 104 valence electrons. The minimum Gasteiger partial charge on any atom is -0.372 e. The van der Waals surface area contributed by atoms with Gasteiger partial charge in [0.15, 0.2) is 0 Å². The molecule has 1 fully saturated rings. The maximum absolute atomic E-state index is 12.2. The van der Waals surface area contributed by atoms with Crippen LogP contribution < -0.4 is 0 Å². The Bertz CT molecular complexity index is 440. The second kappa shape index (κ2) is 6.44. The molecule has 0 unspecified atom stereocenters. The van der Waals surface area contributed by atoms with Crippen LogP contribution in [0.15, 0.2) is 29.2 Å². The molecule has 1 aliphatic heterocycles. The van der Waals surface area contributed by atoms with Crippen molar-refractivity contribution in [3.8, 4) is 0 Å². The number of aryl methyl sites for hydroxylation is 1. The summed E-state index contributed by atoms with van der Waals surface area (Å²) in [7, 11) is 0. The van der Waals surface area contributed by atoms with Crippen LogP contribution in [0.25, 0.3) is 0 Å². The molecule has 1 saturated heterocycles. The van der Waals surface area contributed by atoms with E-state index < -0.39 is 0 Å². The normalized spacial score (nSPS) is 23.4. The summed E-state index contributed by atoms with van der Waals surface area (Å²) in [5.74, 6) is 0.708. The molecule has 1 heterocycles. The van der Waals surface area contributed by atoms with Gasteiger partial charge in [-0.1, -0.05) is 18.2 Å². The van der Waals surface area contributed by atoms with E-state index in [-0.39, 0.29) is 18.1 Å². The molecular weight excluding hydrogens is 258 g/mol. The number of hydrogen-bond acceptors (Lipinski definition) is 3. The van der Waals surface area contributed by atoms with Crippen LogP contribution in [0.2, 0.25) is 0 Å². The van der Waals surface area contributed by atoms with Gasteiger partial charge in [-0.2, -0.15) is 0 Å². The monoisotopic (exact) mass is 279 g/mol. The van der Waals surface area contributed by atoms with Crippen LogP contribution in [-0.4, -0.2) is 41.9 Å². The van der Waals surface area contributed by atoms with Crippen LogP contribution >= 0.6 is 11.8 Å². The van der Waals surface area contributed by atoms with Crippen LogP contribution in [0.5, 0.6) is 0 Å². The maximum atomic E-state index is 12.2. The van der Waals surface area contributed by atoms with E-state index >= 15 is 0 Å². The standard InChI is InChI=1S/C15H21NO2S/c1-11-6-4-5-7-14(11)19-10-15(17)16-8-12(2)18-13(3)9-16/h4-7,12-13H,8-10H2,1-3H3/t12-,13-/m0/s1. The molecule has 1 amide bonds. The molecule has 0 saturated carbocycles. The second-order valence-corrected chi connectivity index (χ2v) is 6.13. The lowest BCUT2D eigenvalue weighted by Crippen LogP contribution is -2.48. The zero-order chi connectivity index (χ0) is 13.8. The topological polar surface area (TPSA) is 29.5 Å². The van der Waals surface area contributed by atoms with Crippen LogP contribution in [0, 0.1) is 6.92 Å². The van der Waals surface area contributed by atoms with Crippen molar-refractivity contribution in [1.29, 1.82) is 0 Å². The third-order valence-corrected chi connectivity index (χ3v) is 4.38. The highest BCUT2D eigenvalue weighted by Gasteiger charge is 2.25. The molecule has 2 atom stereocenters. The lowest BCUT2D eigenvalue weighted by atomic mass is 10.2. The van der Waals surface area contributed by atoms with Gasteiger partial charge in [-0.15, -0.1) is 11.8 Å². The minimum absolute atomic E-state index is 0.135. The molecule has 3 nitrogen and oxygen atoms in total. The van der Waals surface area contributed by atoms with Gasteiger partial charge in [-0.3, -0.25) is 4.79 Å². The Kier molecular flexibility index (Phi) is 4.88. The van der Waals surface area contributed by atoms with E-state index in [4.69, 9.17) is 4.74 Å². The smallest absolute Gasteiger partial charge is 0.233 e. The van der Waals surface area contributed by atoms with Gasteiger partial charge in [-0.25, -0.2) is 0 Å². The van der Waals surface area contributed by atoms with E-state index in [0.29, 0.717) is 18.8 Å². The van der Waals surface area contributed by atoms with Gasteiger partial charge in [0.25, 0.3) is 0 Å². The lowest BCUT2D eigenvalue weighted by Gasteiger charge is -2.35. The van der Waals surface area contributed by atoms with E-state index in [1.165, 1.54) is 10.5 Å². The Balaban J connectivity index is 1.89. The summed E-state index contributed by atoms with van der Waals surface area (Å²) >= 11 is 1.62. The number of carbonyl (C=O) groups is 1. The van der Waals surface area contributed by atoms with E-state index in [1.807, 2.05) is 30.9 Å². The summed E-state index contributed by atoms with van der Waals surface area (Å²) in [4.78, 5) is 15.3. The average Bonchev–Trinajstić information content (AvgIpc) is 2.36. The number of rotatable bonds is 3. The summed E-state index contributed by atoms with van der Waals surface area (Å²) in [6, 6.07) is 8.18. The van der Waals surface area contributed by atoms with Crippen LogP contribution in [0.3, 0.4) is 0 Å². The highest BCUT2D eigenvalue weighted by molar-refractivity contribution is 8.00. The van der Waals surface area contributed by atoms with Crippen molar-refractivity contribution in [3.63, 3.8) is 0 Å². The lowest BCUT2D eigenvalue weighted by molar-refractivity contribution is -0.140. The van der Waals surface area contributed by atoms with Crippen molar-refractivity contribution < 1.29 is 9.53 Å². The van der Waals surface area contributed by atoms with Crippen molar-refractivity contribution in [2.75, 3.05) is 18.8 Å². The molecule has 0 aliphatic carbocycles. The molecule has 1 aromatic carbocycles. The Labute approximate surface area is 119 Å². The molecule has 0 aromatic heterocycles. The number of amides is 1. The third-order valence-electron chi connectivity index (χ3n) is 3.22. The van der Waals surface area contributed by atoms with Crippen LogP contribution in [0.4, 0.5) is 0 Å². The first-order chi connectivity index (χ1) is 9.06. The van der Waals surface area contributed by atoms with Crippen molar-refractivity contribution in [3.05, 3.63) is 29.8 Å². The zero-order valence-corrected chi connectivity index (χ0v) is 12.6. The van der Waals surface area contributed by atoms with Gasteiger partial charge < -0.3 is 9.64 Å². The fourth-order valence-corrected chi connectivity index (χ4v) is 3.26. The van der Waals surface area contributed by atoms with Gasteiger partial charge in [0.05, 0.1) is 18.0 Å². The number of thioether (sulfide) groups is 1. The number of ether oxygens (including phenoxy) is 1. The fraction of sp³-hybridized carbons (Fsp3) is 0.533. The highest BCUT2D eigenvalue weighted by Crippen LogP contribution is 2.22. The zero-order valence-electron chi connectivity index (χ0n) is 11.8. The van der Waals surface area contributed by atoms with E-state index in [9.17, 15) is 4.79 Å². The molecule has 19 heavy (non-hydrogen) atoms. The molecule has 1 aliphatic rings. The highest BCUT2D eigenvalue weighted by atomic mass is 32.2. The molecule has 0 bridgehead atoms. The summed E-state index contributed by atoms with van der Waals surface area (Å²) in [5.41, 5.74) is 1.23. The Morgan fingerprint density at radius 3 is 2.58 bits per heavy atom. The van der Waals surface area contributed by atoms with Crippen molar-refractivity contribution in [2.45, 2.75) is 37.9 Å². The van der Waals surface area contributed by atoms with Gasteiger partial charge >= 0.3 is 0 Å². The molecule has 2 rings (SSSR count). The van der Waals surface area contributed by atoms with Gasteiger partial charge in [0.2, 0.25) is 5.91 Å². The first-order valence-electron chi connectivity index (χ1n) is 6.68. The maximum Gasteiger partial charge on any atom is 0.233 e. The Morgan fingerprint density at radius 2 is 1.95 bits per heavy atom. The quantitative estimate of drug-likeness (QED) is 0.797. The fourth-order valence-electron chi connectivity index (χ4n) is 2.33. The van der Waals surface area contributed by atoms with E-state index in [1.54, 1.807) is 11.8 Å². The van der Waals surface area contributed by atoms with E-state index in [0.717, 1.165) is 0 Å². The van der Waals surface area contributed by atoms with Crippen molar-refractivity contribution >= 4 is 17.7 Å². The minimum atomic E-state index is 0.135. The molecule has 1 aromatic rings. The van der Waals surface area contributed by atoms with Crippen molar-refractivity contribution in [1.82, 2.24) is 4.90 Å².